The lowest BCUT2D eigenvalue weighted by atomic mass is 9.55. The van der Waals surface area contributed by atoms with E-state index in [4.69, 9.17) is 4.74 Å². The number of ether oxygens (including phenoxy) is 1. The van der Waals surface area contributed by atoms with Crippen LogP contribution in [0.3, 0.4) is 0 Å². The maximum Gasteiger partial charge on any atom is 0.414 e. The average Bonchev–Trinajstić information content (AvgIpc) is 2.87. The standard InChI is InChI=1S/C18H21NO3S/c1-10-9-23-15-12(20)7-13-18(14(10)15)6-5-11(18)8-19(13)16(21)22-17(2,3)4/h7,9,11H,5-6,8H2,1-4H3/t11-,18+/m1/s1. The van der Waals surface area contributed by atoms with Crippen LogP contribution >= 0.6 is 11.3 Å². The maximum atomic E-state index is 12.6. The maximum absolute atomic E-state index is 12.6. The van der Waals surface area contributed by atoms with Crippen molar-refractivity contribution in [3.8, 4) is 0 Å². The molecule has 1 aliphatic heterocycles. The number of likely N-dealkylation sites (tertiary alicyclic amines) is 1. The second-order valence-corrected chi connectivity index (χ2v) is 8.69. The number of fused-ring (bicyclic) bond motifs is 1. The number of hydrogen-bond donors (Lipinski definition) is 0. The zero-order chi connectivity index (χ0) is 16.6. The lowest BCUT2D eigenvalue weighted by Crippen LogP contribution is -2.45. The molecule has 0 N–H and O–H groups in total. The second kappa shape index (κ2) is 4.47. The number of amides is 1. The van der Waals surface area contributed by atoms with Crippen LogP contribution in [-0.2, 0) is 10.2 Å². The summed E-state index contributed by atoms with van der Waals surface area (Å²) in [7, 11) is 0. The zero-order valence-corrected chi connectivity index (χ0v) is 14.8. The third-order valence-electron chi connectivity index (χ3n) is 5.26. The normalized spacial score (nSPS) is 28.5. The van der Waals surface area contributed by atoms with Crippen molar-refractivity contribution in [2.45, 2.75) is 51.6 Å². The first kappa shape index (κ1) is 14.9. The lowest BCUT2D eigenvalue weighted by Gasteiger charge is -2.47. The van der Waals surface area contributed by atoms with Crippen LogP contribution < -0.4 is 0 Å². The predicted molar refractivity (Wildman–Crippen MR) is 88.8 cm³/mol. The Bertz CT molecular complexity index is 755. The number of ketones is 1. The first-order valence-corrected chi connectivity index (χ1v) is 8.97. The molecule has 1 aromatic heterocycles. The highest BCUT2D eigenvalue weighted by Gasteiger charge is 2.62. The van der Waals surface area contributed by atoms with Gasteiger partial charge in [-0.2, -0.15) is 0 Å². The van der Waals surface area contributed by atoms with Crippen LogP contribution in [0, 0.1) is 12.8 Å². The Balaban J connectivity index is 1.79. The fraction of sp³-hybridized carbons (Fsp3) is 0.556. The van der Waals surface area contributed by atoms with Crippen LogP contribution in [0.1, 0.15) is 54.4 Å². The molecule has 1 amide bonds. The molecule has 3 aliphatic rings. The monoisotopic (exact) mass is 331 g/mol. The Hall–Kier alpha value is -1.62. The fourth-order valence-corrected chi connectivity index (χ4v) is 5.35. The minimum absolute atomic E-state index is 0.0276. The number of aryl methyl sites for hydroxylation is 1. The van der Waals surface area contributed by atoms with Gasteiger partial charge < -0.3 is 4.74 Å². The molecule has 122 valence electrons. The van der Waals surface area contributed by atoms with Crippen molar-refractivity contribution in [1.82, 2.24) is 4.90 Å². The lowest BCUT2D eigenvalue weighted by molar-refractivity contribution is 0.0331. The smallest absolute Gasteiger partial charge is 0.414 e. The Morgan fingerprint density at radius 2 is 2.17 bits per heavy atom. The van der Waals surface area contributed by atoms with Crippen LogP contribution in [0.2, 0.25) is 0 Å². The van der Waals surface area contributed by atoms with E-state index in [9.17, 15) is 9.59 Å². The van der Waals surface area contributed by atoms with Gasteiger partial charge in [0.2, 0.25) is 0 Å². The summed E-state index contributed by atoms with van der Waals surface area (Å²) in [4.78, 5) is 27.7. The molecule has 0 unspecified atom stereocenters. The Morgan fingerprint density at radius 1 is 1.43 bits per heavy atom. The number of thiophene rings is 1. The Kier molecular flexibility index (Phi) is 2.90. The van der Waals surface area contributed by atoms with Gasteiger partial charge in [0.15, 0.2) is 5.78 Å². The number of allylic oxidation sites excluding steroid dienone is 2. The van der Waals surface area contributed by atoms with Crippen LogP contribution in [-0.4, -0.2) is 28.9 Å². The number of carbonyl (C=O) groups excluding carboxylic acids is 2. The highest BCUT2D eigenvalue weighted by molar-refractivity contribution is 7.12. The quantitative estimate of drug-likeness (QED) is 0.721. The van der Waals surface area contributed by atoms with Gasteiger partial charge in [0.1, 0.15) is 5.60 Å². The molecule has 0 aromatic carbocycles. The van der Waals surface area contributed by atoms with Gasteiger partial charge in [0.05, 0.1) is 4.88 Å². The van der Waals surface area contributed by atoms with Gasteiger partial charge in [0, 0.05) is 23.7 Å². The minimum Gasteiger partial charge on any atom is -0.443 e. The topological polar surface area (TPSA) is 46.6 Å². The van der Waals surface area contributed by atoms with Crippen LogP contribution in [0.15, 0.2) is 17.2 Å². The molecule has 23 heavy (non-hydrogen) atoms. The van der Waals surface area contributed by atoms with E-state index in [1.54, 1.807) is 11.0 Å². The van der Waals surface area contributed by atoms with E-state index in [0.717, 1.165) is 23.4 Å². The molecule has 2 aliphatic carbocycles. The molecule has 1 spiro atoms. The zero-order valence-electron chi connectivity index (χ0n) is 13.9. The molecule has 2 atom stereocenters. The van der Waals surface area contributed by atoms with Gasteiger partial charge >= 0.3 is 6.09 Å². The van der Waals surface area contributed by atoms with Crippen molar-refractivity contribution in [1.29, 1.82) is 0 Å². The van der Waals surface area contributed by atoms with Gasteiger partial charge in [-0.15, -0.1) is 11.3 Å². The van der Waals surface area contributed by atoms with Crippen molar-refractivity contribution in [2.75, 3.05) is 6.54 Å². The molecular weight excluding hydrogens is 310 g/mol. The van der Waals surface area contributed by atoms with Gasteiger partial charge in [-0.05, 0) is 63.0 Å². The number of carbonyl (C=O) groups is 2. The van der Waals surface area contributed by atoms with Gasteiger partial charge in [-0.25, -0.2) is 4.79 Å². The number of rotatable bonds is 0. The molecule has 1 saturated heterocycles. The van der Waals surface area contributed by atoms with Crippen molar-refractivity contribution in [3.05, 3.63) is 33.2 Å². The predicted octanol–water partition coefficient (Wildman–Crippen LogP) is 4.04. The number of nitrogens with zero attached hydrogens (tertiary/aromatic N) is 1. The summed E-state index contributed by atoms with van der Waals surface area (Å²) in [5.74, 6) is 0.432. The summed E-state index contributed by atoms with van der Waals surface area (Å²) in [6, 6.07) is 0. The molecular formula is C18H21NO3S. The van der Waals surface area contributed by atoms with Gasteiger partial charge in [-0.1, -0.05) is 0 Å². The molecule has 0 radical (unpaired) electrons. The van der Waals surface area contributed by atoms with Crippen LogP contribution in [0.25, 0.3) is 0 Å². The minimum atomic E-state index is -0.533. The summed E-state index contributed by atoms with van der Waals surface area (Å²) < 4.78 is 5.56. The third-order valence-corrected chi connectivity index (χ3v) is 6.37. The highest BCUT2D eigenvalue weighted by atomic mass is 32.1. The van der Waals surface area contributed by atoms with Crippen molar-refractivity contribution < 1.29 is 14.3 Å². The van der Waals surface area contributed by atoms with Gasteiger partial charge in [-0.3, -0.25) is 9.69 Å². The van der Waals surface area contributed by atoms with E-state index in [1.165, 1.54) is 22.5 Å². The molecule has 1 aromatic rings. The molecule has 2 heterocycles. The molecule has 5 heteroatoms. The summed E-state index contributed by atoms with van der Waals surface area (Å²) in [5, 5.41) is 2.07. The molecule has 0 bridgehead atoms. The first-order chi connectivity index (χ1) is 10.7. The first-order valence-electron chi connectivity index (χ1n) is 8.09. The molecule has 4 rings (SSSR count). The van der Waals surface area contributed by atoms with Gasteiger partial charge in [0.25, 0.3) is 0 Å². The van der Waals surface area contributed by atoms with E-state index in [0.29, 0.717) is 12.5 Å². The van der Waals surface area contributed by atoms with E-state index in [2.05, 4.69) is 12.3 Å². The summed E-state index contributed by atoms with van der Waals surface area (Å²) in [6.07, 6.45) is 3.46. The van der Waals surface area contributed by atoms with E-state index in [1.807, 2.05) is 20.8 Å². The summed E-state index contributed by atoms with van der Waals surface area (Å²) >= 11 is 1.53. The molecule has 1 saturated carbocycles. The largest absolute Gasteiger partial charge is 0.443 e. The number of hydrogen-bond acceptors (Lipinski definition) is 4. The van der Waals surface area contributed by atoms with E-state index in [-0.39, 0.29) is 17.3 Å². The molecule has 2 fully saturated rings. The van der Waals surface area contributed by atoms with E-state index >= 15 is 0 Å². The second-order valence-electron chi connectivity index (χ2n) is 7.81. The molecule has 4 nitrogen and oxygen atoms in total. The van der Waals surface area contributed by atoms with Crippen molar-refractivity contribution in [3.63, 3.8) is 0 Å². The average molecular weight is 331 g/mol. The van der Waals surface area contributed by atoms with Crippen molar-refractivity contribution >= 4 is 23.2 Å². The highest BCUT2D eigenvalue weighted by Crippen LogP contribution is 2.62. The fourth-order valence-electron chi connectivity index (χ4n) is 4.30. The summed E-state index contributed by atoms with van der Waals surface area (Å²) in [6.45, 7) is 8.33. The Labute approximate surface area is 140 Å². The van der Waals surface area contributed by atoms with Crippen molar-refractivity contribution in [2.24, 2.45) is 5.92 Å². The third kappa shape index (κ3) is 1.89. The summed E-state index contributed by atoms with van der Waals surface area (Å²) in [5.41, 5.74) is 2.55. The van der Waals surface area contributed by atoms with Crippen LogP contribution in [0.5, 0.6) is 0 Å². The van der Waals surface area contributed by atoms with E-state index < -0.39 is 5.60 Å². The Morgan fingerprint density at radius 3 is 2.78 bits per heavy atom. The van der Waals surface area contributed by atoms with Crippen LogP contribution in [0.4, 0.5) is 4.79 Å². The SMILES string of the molecule is Cc1csc2c1[C@@]13CC[C@@H]1CN(C(=O)OC(C)(C)C)C3=CC2=O.